The summed E-state index contributed by atoms with van der Waals surface area (Å²) in [6, 6.07) is 4.27. The number of esters is 1. The second-order valence-electron chi connectivity index (χ2n) is 4.32. The third-order valence-corrected chi connectivity index (χ3v) is 2.25. The van der Waals surface area contributed by atoms with Crippen LogP contribution in [0.3, 0.4) is 0 Å². The van der Waals surface area contributed by atoms with Crippen LogP contribution in [0.15, 0.2) is 18.2 Å². The predicted octanol–water partition coefficient (Wildman–Crippen LogP) is 2.66. The molecule has 1 N–H and O–H groups in total. The van der Waals surface area contributed by atoms with Crippen molar-refractivity contribution < 1.29 is 19.0 Å². The van der Waals surface area contributed by atoms with Crippen molar-refractivity contribution in [1.29, 1.82) is 0 Å². The van der Waals surface area contributed by atoms with Crippen molar-refractivity contribution >= 4 is 5.97 Å². The van der Waals surface area contributed by atoms with Crippen molar-refractivity contribution in [2.24, 2.45) is 5.92 Å². The predicted molar refractivity (Wildman–Crippen MR) is 62.2 cm³/mol. The van der Waals surface area contributed by atoms with Crippen LogP contribution >= 0.6 is 0 Å². The fourth-order valence-electron chi connectivity index (χ4n) is 1.33. The molecule has 3 nitrogen and oxygen atoms in total. The summed E-state index contributed by atoms with van der Waals surface area (Å²) in [4.78, 5) is 11.3. The number of phenols is 1. The minimum absolute atomic E-state index is 0.143. The van der Waals surface area contributed by atoms with Gasteiger partial charge in [0.05, 0.1) is 6.61 Å². The molecule has 0 aliphatic heterocycles. The SMILES string of the molecule is CC(C)COC(=O)CCc1cccc(F)c1O. The minimum Gasteiger partial charge on any atom is -0.505 e. The van der Waals surface area contributed by atoms with E-state index in [9.17, 15) is 14.3 Å². The quantitative estimate of drug-likeness (QED) is 0.805. The molecule has 17 heavy (non-hydrogen) atoms. The van der Waals surface area contributed by atoms with Gasteiger partial charge in [-0.1, -0.05) is 26.0 Å². The van der Waals surface area contributed by atoms with Gasteiger partial charge in [0.2, 0.25) is 0 Å². The van der Waals surface area contributed by atoms with Gasteiger partial charge in [-0.25, -0.2) is 4.39 Å². The van der Waals surface area contributed by atoms with E-state index in [-0.39, 0.29) is 24.6 Å². The van der Waals surface area contributed by atoms with Crippen LogP contribution in [0.25, 0.3) is 0 Å². The summed E-state index contributed by atoms with van der Waals surface area (Å²) in [6.45, 7) is 4.28. The fraction of sp³-hybridized carbons (Fsp3) is 0.462. The van der Waals surface area contributed by atoms with Gasteiger partial charge in [0.25, 0.3) is 0 Å². The summed E-state index contributed by atoms with van der Waals surface area (Å²) in [5.41, 5.74) is 0.423. The summed E-state index contributed by atoms with van der Waals surface area (Å²) in [5, 5.41) is 9.40. The van der Waals surface area contributed by atoms with Crippen molar-refractivity contribution in [1.82, 2.24) is 0 Å². The summed E-state index contributed by atoms with van der Waals surface area (Å²) >= 11 is 0. The van der Waals surface area contributed by atoms with Crippen LogP contribution < -0.4 is 0 Å². The highest BCUT2D eigenvalue weighted by molar-refractivity contribution is 5.69. The lowest BCUT2D eigenvalue weighted by Crippen LogP contribution is -2.10. The van der Waals surface area contributed by atoms with E-state index in [1.165, 1.54) is 12.1 Å². The number of aryl methyl sites for hydroxylation is 1. The van der Waals surface area contributed by atoms with Gasteiger partial charge in [-0.3, -0.25) is 4.79 Å². The average Bonchev–Trinajstić information content (AvgIpc) is 2.28. The van der Waals surface area contributed by atoms with Crippen molar-refractivity contribution in [3.8, 4) is 5.75 Å². The van der Waals surface area contributed by atoms with Crippen molar-refractivity contribution in [3.63, 3.8) is 0 Å². The fourth-order valence-corrected chi connectivity index (χ4v) is 1.33. The van der Waals surface area contributed by atoms with Crippen molar-refractivity contribution in [3.05, 3.63) is 29.6 Å². The second kappa shape index (κ2) is 6.23. The number of ether oxygens (including phenoxy) is 1. The Morgan fingerprint density at radius 3 is 2.82 bits per heavy atom. The molecule has 0 bridgehead atoms. The molecule has 0 unspecified atom stereocenters. The van der Waals surface area contributed by atoms with Crippen LogP contribution in [0, 0.1) is 11.7 Å². The van der Waals surface area contributed by atoms with Gasteiger partial charge in [0.15, 0.2) is 11.6 Å². The minimum atomic E-state index is -0.668. The smallest absolute Gasteiger partial charge is 0.306 e. The van der Waals surface area contributed by atoms with E-state index in [0.29, 0.717) is 18.1 Å². The molecular weight excluding hydrogens is 223 g/mol. The average molecular weight is 240 g/mol. The first-order valence-electron chi connectivity index (χ1n) is 5.62. The largest absolute Gasteiger partial charge is 0.505 e. The zero-order valence-corrected chi connectivity index (χ0v) is 10.1. The van der Waals surface area contributed by atoms with E-state index in [1.807, 2.05) is 13.8 Å². The highest BCUT2D eigenvalue weighted by atomic mass is 19.1. The van der Waals surface area contributed by atoms with E-state index in [4.69, 9.17) is 4.74 Å². The topological polar surface area (TPSA) is 46.5 Å². The molecule has 0 amide bonds. The van der Waals surface area contributed by atoms with E-state index >= 15 is 0 Å². The number of para-hydroxylation sites is 1. The Morgan fingerprint density at radius 1 is 1.47 bits per heavy atom. The number of benzene rings is 1. The number of halogens is 1. The zero-order chi connectivity index (χ0) is 12.8. The highest BCUT2D eigenvalue weighted by Crippen LogP contribution is 2.21. The molecule has 0 saturated heterocycles. The van der Waals surface area contributed by atoms with Gasteiger partial charge in [-0.15, -0.1) is 0 Å². The third-order valence-electron chi connectivity index (χ3n) is 2.25. The van der Waals surface area contributed by atoms with Crippen molar-refractivity contribution in [2.45, 2.75) is 26.7 Å². The van der Waals surface area contributed by atoms with Gasteiger partial charge in [0, 0.05) is 6.42 Å². The molecule has 0 heterocycles. The van der Waals surface area contributed by atoms with Crippen LogP contribution in [0.5, 0.6) is 5.75 Å². The molecule has 0 spiro atoms. The van der Waals surface area contributed by atoms with Gasteiger partial charge in [-0.2, -0.15) is 0 Å². The van der Waals surface area contributed by atoms with Crippen LogP contribution in [0.4, 0.5) is 4.39 Å². The maximum Gasteiger partial charge on any atom is 0.306 e. The first-order valence-corrected chi connectivity index (χ1v) is 5.62. The number of hydrogen-bond acceptors (Lipinski definition) is 3. The maximum absolute atomic E-state index is 13.0. The van der Waals surface area contributed by atoms with E-state index in [0.717, 1.165) is 0 Å². The molecule has 0 saturated carbocycles. The van der Waals surface area contributed by atoms with Gasteiger partial charge in [0.1, 0.15) is 0 Å². The third kappa shape index (κ3) is 4.43. The van der Waals surface area contributed by atoms with Crippen LogP contribution in [0.1, 0.15) is 25.8 Å². The Kier molecular flexibility index (Phi) is 4.94. The van der Waals surface area contributed by atoms with Gasteiger partial charge in [-0.05, 0) is 24.0 Å². The lowest BCUT2D eigenvalue weighted by molar-refractivity contribution is -0.144. The number of carbonyl (C=O) groups is 1. The number of aromatic hydroxyl groups is 1. The molecular formula is C13H17FO3. The molecule has 0 atom stereocenters. The Morgan fingerprint density at radius 2 is 2.18 bits per heavy atom. The maximum atomic E-state index is 13.0. The normalized spacial score (nSPS) is 10.6. The molecule has 0 aliphatic rings. The van der Waals surface area contributed by atoms with Crippen LogP contribution in [-0.4, -0.2) is 17.7 Å². The molecule has 0 radical (unpaired) electrons. The molecule has 1 aromatic carbocycles. The molecule has 4 heteroatoms. The summed E-state index contributed by atoms with van der Waals surface area (Å²) < 4.78 is 18.0. The summed E-state index contributed by atoms with van der Waals surface area (Å²) in [7, 11) is 0. The zero-order valence-electron chi connectivity index (χ0n) is 10.1. The number of carbonyl (C=O) groups excluding carboxylic acids is 1. The Labute approximate surface area is 100 Å². The number of rotatable bonds is 5. The molecule has 1 rings (SSSR count). The molecule has 94 valence electrons. The molecule has 0 fully saturated rings. The lowest BCUT2D eigenvalue weighted by Gasteiger charge is -2.08. The standard InChI is InChI=1S/C13H17FO3/c1-9(2)8-17-12(15)7-6-10-4-3-5-11(14)13(10)16/h3-5,9,16H,6-8H2,1-2H3. The Hall–Kier alpha value is -1.58. The van der Waals surface area contributed by atoms with Gasteiger partial charge < -0.3 is 9.84 Å². The highest BCUT2D eigenvalue weighted by Gasteiger charge is 2.10. The van der Waals surface area contributed by atoms with E-state index < -0.39 is 5.82 Å². The van der Waals surface area contributed by atoms with E-state index in [1.54, 1.807) is 6.07 Å². The molecule has 0 aromatic heterocycles. The second-order valence-corrected chi connectivity index (χ2v) is 4.32. The monoisotopic (exact) mass is 240 g/mol. The van der Waals surface area contributed by atoms with Crippen LogP contribution in [0.2, 0.25) is 0 Å². The van der Waals surface area contributed by atoms with E-state index in [2.05, 4.69) is 0 Å². The first-order chi connectivity index (χ1) is 8.00. The molecule has 0 aliphatic carbocycles. The first kappa shape index (κ1) is 13.5. The van der Waals surface area contributed by atoms with Gasteiger partial charge >= 0.3 is 5.97 Å². The van der Waals surface area contributed by atoms with Crippen molar-refractivity contribution in [2.75, 3.05) is 6.61 Å². The summed E-state index contributed by atoms with van der Waals surface area (Å²) in [5.74, 6) is -1.09. The number of hydrogen-bond donors (Lipinski definition) is 1. The Bertz CT molecular complexity index is 388. The Balaban J connectivity index is 2.45. The lowest BCUT2D eigenvalue weighted by atomic mass is 10.1. The van der Waals surface area contributed by atoms with Crippen LogP contribution in [-0.2, 0) is 16.0 Å². The summed E-state index contributed by atoms with van der Waals surface area (Å²) in [6.07, 6.45) is 0.421. The molecule has 1 aromatic rings. The number of phenolic OH excluding ortho intramolecular Hbond substituents is 1.